The summed E-state index contributed by atoms with van der Waals surface area (Å²) in [7, 11) is 5.64. The summed E-state index contributed by atoms with van der Waals surface area (Å²) in [5.41, 5.74) is 8.06. The Morgan fingerprint density at radius 1 is 1.02 bits per heavy atom. The van der Waals surface area contributed by atoms with Gasteiger partial charge in [0.1, 0.15) is 17.3 Å². The fraction of sp³-hybridized carbons (Fsp3) is 0.125. The Kier molecular flexibility index (Phi) is 6.92. The van der Waals surface area contributed by atoms with Crippen molar-refractivity contribution in [3.63, 3.8) is 0 Å². The number of hydrogen-bond acceptors (Lipinski definition) is 8. The number of methoxy groups -OCH3 is 1. The number of rotatable bonds is 8. The number of anilines is 3. The van der Waals surface area contributed by atoms with Crippen LogP contribution in [0.2, 0.25) is 5.02 Å². The summed E-state index contributed by atoms with van der Waals surface area (Å²) in [5.74, 6) is 2.01. The van der Waals surface area contributed by atoms with Gasteiger partial charge in [0.05, 0.1) is 35.2 Å². The van der Waals surface area contributed by atoms with Crippen LogP contribution in [0.1, 0.15) is 11.4 Å². The monoisotopic (exact) mass is 606 g/mol. The molecule has 0 saturated carbocycles. The summed E-state index contributed by atoms with van der Waals surface area (Å²) in [5, 5.41) is 6.08. The number of nitrogens with zero attached hydrogens (tertiary/aromatic N) is 6. The van der Waals surface area contributed by atoms with E-state index in [1.54, 1.807) is 24.6 Å². The van der Waals surface area contributed by atoms with E-state index in [2.05, 4.69) is 31.8 Å². The molecule has 4 heterocycles. The van der Waals surface area contributed by atoms with Crippen molar-refractivity contribution in [2.45, 2.75) is 6.42 Å². The van der Waals surface area contributed by atoms with Gasteiger partial charge in [-0.2, -0.15) is 0 Å². The van der Waals surface area contributed by atoms with Gasteiger partial charge in [0, 0.05) is 60.6 Å². The lowest BCUT2D eigenvalue weighted by Crippen LogP contribution is -2.09. The van der Waals surface area contributed by atoms with Crippen molar-refractivity contribution in [2.24, 2.45) is 0 Å². The lowest BCUT2D eigenvalue weighted by molar-refractivity contribution is 0.417. The summed E-state index contributed by atoms with van der Waals surface area (Å²) >= 11 is 7.97. The molecule has 4 aromatic heterocycles. The Morgan fingerprint density at radius 3 is 2.74 bits per heavy atom. The van der Waals surface area contributed by atoms with Crippen molar-refractivity contribution in [1.82, 2.24) is 29.3 Å². The van der Waals surface area contributed by atoms with Crippen molar-refractivity contribution in [3.8, 4) is 28.4 Å². The third-order valence-electron chi connectivity index (χ3n) is 7.23. The van der Waals surface area contributed by atoms with Crippen molar-refractivity contribution < 1.29 is 4.74 Å². The molecule has 0 bridgehead atoms. The van der Waals surface area contributed by atoms with E-state index in [0.717, 1.165) is 66.4 Å². The van der Waals surface area contributed by atoms with Crippen LogP contribution >= 0.6 is 22.9 Å². The molecular weight excluding hydrogens is 580 g/mol. The average Bonchev–Trinajstić information content (AvgIpc) is 3.72. The van der Waals surface area contributed by atoms with Crippen molar-refractivity contribution in [2.75, 3.05) is 31.4 Å². The van der Waals surface area contributed by atoms with Gasteiger partial charge in [-0.15, -0.1) is 11.3 Å². The van der Waals surface area contributed by atoms with E-state index in [1.165, 1.54) is 0 Å². The van der Waals surface area contributed by atoms with Crippen LogP contribution in [0.5, 0.6) is 5.75 Å². The maximum Gasteiger partial charge on any atom is 0.227 e. The molecule has 9 nitrogen and oxygen atoms in total. The molecule has 0 atom stereocenters. The largest absolute Gasteiger partial charge is 0.494 e. The van der Waals surface area contributed by atoms with Crippen molar-refractivity contribution in [3.05, 3.63) is 101 Å². The van der Waals surface area contributed by atoms with E-state index in [4.69, 9.17) is 31.3 Å². The number of aromatic nitrogens is 6. The van der Waals surface area contributed by atoms with Gasteiger partial charge in [0.25, 0.3) is 0 Å². The van der Waals surface area contributed by atoms with Crippen LogP contribution in [-0.4, -0.2) is 50.5 Å². The fourth-order valence-electron chi connectivity index (χ4n) is 5.08. The molecule has 7 rings (SSSR count). The van der Waals surface area contributed by atoms with E-state index < -0.39 is 0 Å². The molecule has 0 aliphatic carbocycles. The lowest BCUT2D eigenvalue weighted by Gasteiger charge is -2.16. The SMILES string of the molecule is COc1cc(N(C)C)ccc1Nc1nccc(-c2c(-c3ccc4nc(Cc5ccccc5Cl)[nH]c4c3)nc3sccn23)n1. The van der Waals surface area contributed by atoms with Crippen LogP contribution < -0.4 is 15.0 Å². The maximum atomic E-state index is 6.40. The van der Waals surface area contributed by atoms with Gasteiger partial charge < -0.3 is 19.9 Å². The number of thiazole rings is 1. The standard InChI is InChI=1S/C32H27ClN8OS/c1-40(2)21-9-11-24(27(18-21)42-3)37-31-34-13-12-25(38-31)30-29(39-32-41(30)14-15-43-32)20-8-10-23-26(16-20)36-28(35-23)17-19-6-4-5-7-22(19)33/h4-16,18H,17H2,1-3H3,(H,35,36)(H,34,37,38). The summed E-state index contributed by atoms with van der Waals surface area (Å²) < 4.78 is 7.71. The molecule has 0 radical (unpaired) electrons. The van der Waals surface area contributed by atoms with Gasteiger partial charge in [0.2, 0.25) is 5.95 Å². The second-order valence-corrected chi connectivity index (χ2v) is 11.5. The zero-order chi connectivity index (χ0) is 29.5. The Morgan fingerprint density at radius 2 is 1.91 bits per heavy atom. The first-order valence-corrected chi connectivity index (χ1v) is 14.9. The molecule has 7 aromatic rings. The number of hydrogen-bond donors (Lipinski definition) is 2. The smallest absolute Gasteiger partial charge is 0.227 e. The summed E-state index contributed by atoms with van der Waals surface area (Å²) in [4.78, 5) is 25.6. The van der Waals surface area contributed by atoms with Gasteiger partial charge >= 0.3 is 0 Å². The number of imidazole rings is 2. The Balaban J connectivity index is 1.25. The lowest BCUT2D eigenvalue weighted by atomic mass is 10.1. The number of ether oxygens (including phenoxy) is 1. The third kappa shape index (κ3) is 5.15. The molecule has 0 unspecified atom stereocenters. The zero-order valence-electron chi connectivity index (χ0n) is 23.7. The van der Waals surface area contributed by atoms with Gasteiger partial charge in [-0.05, 0) is 42.0 Å². The number of fused-ring (bicyclic) bond motifs is 2. The number of H-pyrrole nitrogens is 1. The molecule has 0 amide bonds. The number of nitrogens with one attached hydrogen (secondary N) is 2. The first-order chi connectivity index (χ1) is 21.0. The predicted molar refractivity (Wildman–Crippen MR) is 174 cm³/mol. The molecule has 2 N–H and O–H groups in total. The molecular formula is C32H27ClN8OS. The maximum absolute atomic E-state index is 6.40. The van der Waals surface area contributed by atoms with Gasteiger partial charge in [0.15, 0.2) is 4.96 Å². The minimum absolute atomic E-state index is 0.456. The fourth-order valence-corrected chi connectivity index (χ4v) is 6.00. The van der Waals surface area contributed by atoms with E-state index in [1.807, 2.05) is 85.2 Å². The van der Waals surface area contributed by atoms with Crippen LogP contribution in [0.15, 0.2) is 84.5 Å². The first-order valence-electron chi connectivity index (χ1n) is 13.6. The molecule has 0 aliphatic heterocycles. The van der Waals surface area contributed by atoms with Crippen LogP contribution in [0, 0.1) is 0 Å². The van der Waals surface area contributed by atoms with Crippen LogP contribution in [0.25, 0.3) is 38.6 Å². The minimum Gasteiger partial charge on any atom is -0.494 e. The van der Waals surface area contributed by atoms with Crippen molar-refractivity contribution >= 4 is 56.3 Å². The second-order valence-electron chi connectivity index (χ2n) is 10.2. The van der Waals surface area contributed by atoms with E-state index in [-0.39, 0.29) is 0 Å². The van der Waals surface area contributed by atoms with Gasteiger partial charge in [-0.25, -0.2) is 19.9 Å². The minimum atomic E-state index is 0.456. The molecule has 43 heavy (non-hydrogen) atoms. The summed E-state index contributed by atoms with van der Waals surface area (Å²) in [6.07, 6.45) is 4.38. The summed E-state index contributed by atoms with van der Waals surface area (Å²) in [6.45, 7) is 0. The topological polar surface area (TPSA) is 96.3 Å². The average molecular weight is 607 g/mol. The van der Waals surface area contributed by atoms with E-state index in [9.17, 15) is 0 Å². The highest BCUT2D eigenvalue weighted by atomic mass is 35.5. The molecule has 3 aromatic carbocycles. The van der Waals surface area contributed by atoms with Crippen molar-refractivity contribution in [1.29, 1.82) is 0 Å². The molecule has 0 saturated heterocycles. The molecule has 11 heteroatoms. The third-order valence-corrected chi connectivity index (χ3v) is 8.35. The molecule has 0 aliphatic rings. The van der Waals surface area contributed by atoms with Gasteiger partial charge in [-0.1, -0.05) is 35.9 Å². The highest BCUT2D eigenvalue weighted by Crippen LogP contribution is 2.36. The number of halogens is 1. The Bertz CT molecular complexity index is 2100. The quantitative estimate of drug-likeness (QED) is 0.185. The number of aromatic amines is 1. The number of benzene rings is 3. The first kappa shape index (κ1) is 26.9. The van der Waals surface area contributed by atoms with Crippen LogP contribution in [0.4, 0.5) is 17.3 Å². The van der Waals surface area contributed by atoms with Gasteiger partial charge in [-0.3, -0.25) is 4.40 Å². The zero-order valence-corrected chi connectivity index (χ0v) is 25.2. The molecule has 214 valence electrons. The predicted octanol–water partition coefficient (Wildman–Crippen LogP) is 7.46. The van der Waals surface area contributed by atoms with Crippen LogP contribution in [0.3, 0.4) is 0 Å². The molecule has 0 fully saturated rings. The Labute approximate surface area is 256 Å². The normalized spacial score (nSPS) is 11.3. The molecule has 0 spiro atoms. The highest BCUT2D eigenvalue weighted by Gasteiger charge is 2.20. The van der Waals surface area contributed by atoms with Crippen LogP contribution in [-0.2, 0) is 6.42 Å². The summed E-state index contributed by atoms with van der Waals surface area (Å²) in [6, 6.07) is 21.8. The van der Waals surface area contributed by atoms with E-state index >= 15 is 0 Å². The Hall–Kier alpha value is -4.93. The second kappa shape index (κ2) is 11.0. The van der Waals surface area contributed by atoms with E-state index in [0.29, 0.717) is 18.1 Å². The highest BCUT2D eigenvalue weighted by molar-refractivity contribution is 7.15.